The maximum absolute atomic E-state index is 6.28. The molecule has 0 spiro atoms. The summed E-state index contributed by atoms with van der Waals surface area (Å²) in [5.74, 6) is 0.471. The van der Waals surface area contributed by atoms with Crippen LogP contribution in [0.25, 0.3) is 42.9 Å². The zero-order valence-corrected chi connectivity index (χ0v) is 15.9. The second-order valence-corrected chi connectivity index (χ2v) is 7.56. The summed E-state index contributed by atoms with van der Waals surface area (Å²) in [6.07, 6.45) is 0. The van der Waals surface area contributed by atoms with Crippen molar-refractivity contribution in [1.82, 2.24) is 10.2 Å². The molecular weight excluding hydrogens is 362 g/mol. The van der Waals surface area contributed by atoms with Crippen LogP contribution < -0.4 is 5.73 Å². The van der Waals surface area contributed by atoms with Crippen LogP contribution in [-0.2, 0) is 0 Å². The van der Waals surface area contributed by atoms with E-state index in [9.17, 15) is 0 Å². The monoisotopic (exact) mass is 379 g/mol. The van der Waals surface area contributed by atoms with Crippen molar-refractivity contribution in [3.8, 4) is 32.8 Å². The molecule has 2 aromatic heterocycles. The molecule has 0 unspecified atom stereocenters. The molecule has 0 saturated heterocycles. The number of nitrogens with zero attached hydrogens (tertiary/aromatic N) is 2. The Kier molecular flexibility index (Phi) is 4.11. The van der Waals surface area contributed by atoms with Crippen molar-refractivity contribution in [3.05, 3.63) is 91.0 Å². The van der Waals surface area contributed by atoms with E-state index in [0.29, 0.717) is 5.82 Å². The highest BCUT2D eigenvalue weighted by atomic mass is 32.1. The zero-order valence-electron chi connectivity index (χ0n) is 15.0. The van der Waals surface area contributed by atoms with Gasteiger partial charge < -0.3 is 5.73 Å². The lowest BCUT2D eigenvalue weighted by molar-refractivity contribution is 1.07. The lowest BCUT2D eigenvalue weighted by Gasteiger charge is -2.09. The number of benzene rings is 3. The zero-order chi connectivity index (χ0) is 18.9. The van der Waals surface area contributed by atoms with Crippen molar-refractivity contribution in [2.45, 2.75) is 0 Å². The van der Waals surface area contributed by atoms with Gasteiger partial charge in [0, 0.05) is 21.4 Å². The normalized spacial score (nSPS) is 11.0. The molecule has 2 heterocycles. The predicted octanol–water partition coefficient (Wildman–Crippen LogP) is 6.27. The van der Waals surface area contributed by atoms with Crippen molar-refractivity contribution in [2.24, 2.45) is 0 Å². The first-order valence-electron chi connectivity index (χ1n) is 9.08. The molecule has 4 heteroatoms. The van der Waals surface area contributed by atoms with Crippen molar-refractivity contribution >= 4 is 27.2 Å². The molecule has 5 aromatic rings. The van der Waals surface area contributed by atoms with E-state index in [2.05, 4.69) is 70.9 Å². The molecule has 0 bridgehead atoms. The molecule has 28 heavy (non-hydrogen) atoms. The van der Waals surface area contributed by atoms with Gasteiger partial charge in [-0.25, -0.2) is 0 Å². The van der Waals surface area contributed by atoms with Crippen LogP contribution >= 0.6 is 11.3 Å². The molecule has 0 saturated carbocycles. The third-order valence-electron chi connectivity index (χ3n) is 4.78. The highest BCUT2D eigenvalue weighted by Gasteiger charge is 2.22. The summed E-state index contributed by atoms with van der Waals surface area (Å²) < 4.78 is 0.978. The van der Waals surface area contributed by atoms with E-state index in [1.807, 2.05) is 30.3 Å². The maximum Gasteiger partial charge on any atom is 0.164 e. The minimum absolute atomic E-state index is 0.471. The summed E-state index contributed by atoms with van der Waals surface area (Å²) in [5, 5.41) is 9.83. The predicted molar refractivity (Wildman–Crippen MR) is 118 cm³/mol. The van der Waals surface area contributed by atoms with Crippen LogP contribution in [0.3, 0.4) is 0 Å². The van der Waals surface area contributed by atoms with Crippen LogP contribution in [0.2, 0.25) is 0 Å². The Labute approximate surface area is 167 Å². The van der Waals surface area contributed by atoms with E-state index in [1.165, 1.54) is 10.4 Å². The van der Waals surface area contributed by atoms with Gasteiger partial charge in [-0.15, -0.1) is 21.5 Å². The Morgan fingerprint density at radius 3 is 1.75 bits per heavy atom. The molecule has 0 radical (unpaired) electrons. The van der Waals surface area contributed by atoms with Gasteiger partial charge in [0.05, 0.1) is 4.70 Å². The Morgan fingerprint density at radius 2 is 1.14 bits per heavy atom. The number of aromatic nitrogens is 2. The summed E-state index contributed by atoms with van der Waals surface area (Å²) in [4.78, 5) is 1.18. The van der Waals surface area contributed by atoms with Gasteiger partial charge in [-0.3, -0.25) is 0 Å². The minimum atomic E-state index is 0.471. The Hall–Kier alpha value is -3.50. The third kappa shape index (κ3) is 2.75. The minimum Gasteiger partial charge on any atom is -0.381 e. The van der Waals surface area contributed by atoms with Crippen molar-refractivity contribution in [3.63, 3.8) is 0 Å². The maximum atomic E-state index is 6.28. The molecular formula is C24H17N3S. The van der Waals surface area contributed by atoms with Gasteiger partial charge in [-0.05, 0) is 11.1 Å². The summed E-state index contributed by atoms with van der Waals surface area (Å²) in [5.41, 5.74) is 11.7. The molecule has 0 aliphatic heterocycles. The molecule has 5 rings (SSSR count). The fourth-order valence-corrected chi connectivity index (χ4v) is 4.73. The van der Waals surface area contributed by atoms with Crippen molar-refractivity contribution < 1.29 is 0 Å². The van der Waals surface area contributed by atoms with Crippen molar-refractivity contribution in [1.29, 1.82) is 0 Å². The lowest BCUT2D eigenvalue weighted by Crippen LogP contribution is -1.96. The average Bonchev–Trinajstić information content (AvgIpc) is 3.17. The third-order valence-corrected chi connectivity index (χ3v) is 6.04. The van der Waals surface area contributed by atoms with Gasteiger partial charge in [0.2, 0.25) is 0 Å². The van der Waals surface area contributed by atoms with E-state index in [-0.39, 0.29) is 0 Å². The highest BCUT2D eigenvalue weighted by molar-refractivity contribution is 7.23. The number of nitrogen functional groups attached to an aromatic ring is 1. The second kappa shape index (κ2) is 6.91. The van der Waals surface area contributed by atoms with Crippen LogP contribution in [0.1, 0.15) is 0 Å². The largest absolute Gasteiger partial charge is 0.381 e. The highest BCUT2D eigenvalue weighted by Crippen LogP contribution is 2.48. The summed E-state index contributed by atoms with van der Waals surface area (Å²) >= 11 is 1.68. The fourth-order valence-electron chi connectivity index (χ4n) is 3.51. The van der Waals surface area contributed by atoms with Gasteiger partial charge in [0.15, 0.2) is 5.82 Å². The molecule has 0 aliphatic carbocycles. The van der Waals surface area contributed by atoms with Crippen LogP contribution in [-0.4, -0.2) is 10.2 Å². The van der Waals surface area contributed by atoms with Crippen molar-refractivity contribution in [2.75, 3.05) is 5.73 Å². The van der Waals surface area contributed by atoms with Gasteiger partial charge >= 0.3 is 0 Å². The molecule has 0 fully saturated rings. The van der Waals surface area contributed by atoms with Gasteiger partial charge in [-0.2, -0.15) is 0 Å². The van der Waals surface area contributed by atoms with Crippen LogP contribution in [0, 0.1) is 0 Å². The summed E-state index contributed by atoms with van der Waals surface area (Å²) in [7, 11) is 0. The average molecular weight is 379 g/mol. The lowest BCUT2D eigenvalue weighted by atomic mass is 9.96. The first-order chi connectivity index (χ1) is 13.8. The Balaban J connectivity index is 1.93. The number of fused-ring (bicyclic) bond motifs is 1. The van der Waals surface area contributed by atoms with Gasteiger partial charge in [0.1, 0.15) is 5.69 Å². The SMILES string of the molecule is Nc1nnc(-c2ccccc2)c2c(-c3ccccc3)c(-c3ccccc3)sc12. The molecule has 0 aliphatic rings. The summed E-state index contributed by atoms with van der Waals surface area (Å²) in [6.45, 7) is 0. The smallest absolute Gasteiger partial charge is 0.164 e. The molecule has 134 valence electrons. The van der Waals surface area contributed by atoms with Gasteiger partial charge in [-0.1, -0.05) is 91.0 Å². The van der Waals surface area contributed by atoms with Crippen LogP contribution in [0.5, 0.6) is 0 Å². The molecule has 3 nitrogen and oxygen atoms in total. The number of nitrogens with two attached hydrogens (primary N) is 1. The quantitative estimate of drug-likeness (QED) is 0.402. The number of hydrogen-bond acceptors (Lipinski definition) is 4. The van der Waals surface area contributed by atoms with Crippen LogP contribution in [0.4, 0.5) is 5.82 Å². The van der Waals surface area contributed by atoms with Crippen LogP contribution in [0.15, 0.2) is 91.0 Å². The van der Waals surface area contributed by atoms with E-state index in [1.54, 1.807) is 11.3 Å². The van der Waals surface area contributed by atoms with Gasteiger partial charge in [0.25, 0.3) is 0 Å². The van der Waals surface area contributed by atoms with E-state index >= 15 is 0 Å². The first-order valence-corrected chi connectivity index (χ1v) is 9.89. The molecule has 0 atom stereocenters. The number of thiophene rings is 1. The fraction of sp³-hybridized carbons (Fsp3) is 0. The number of anilines is 1. The topological polar surface area (TPSA) is 51.8 Å². The molecule has 2 N–H and O–H groups in total. The molecule has 3 aromatic carbocycles. The Bertz CT molecular complexity index is 1250. The second-order valence-electron chi connectivity index (χ2n) is 6.54. The summed E-state index contributed by atoms with van der Waals surface area (Å²) in [6, 6.07) is 31.0. The number of hydrogen-bond donors (Lipinski definition) is 1. The standard InChI is InChI=1S/C24H17N3S/c25-24-23-20(21(26-27-24)17-12-6-2-7-13-17)19(16-10-4-1-5-11-16)22(28-23)18-14-8-3-9-15-18/h1-15H,(H2,25,27). The number of rotatable bonds is 3. The first kappa shape index (κ1) is 16.7. The Morgan fingerprint density at radius 1 is 0.607 bits per heavy atom. The molecule has 0 amide bonds. The van der Waals surface area contributed by atoms with E-state index in [4.69, 9.17) is 5.73 Å². The van der Waals surface area contributed by atoms with E-state index in [0.717, 1.165) is 32.5 Å². The van der Waals surface area contributed by atoms with E-state index < -0.39 is 0 Å².